The molecule has 0 atom stereocenters. The average molecular weight is 161 g/mol. The highest BCUT2D eigenvalue weighted by Gasteiger charge is 1.88. The third kappa shape index (κ3) is 7.45. The maximum Gasteiger partial charge on any atom is 0.185 e. The second-order valence-corrected chi connectivity index (χ2v) is 3.73. The van der Waals surface area contributed by atoms with Crippen LogP contribution in [0.5, 0.6) is 0 Å². The molecule has 0 aliphatic heterocycles. The molecule has 10 heavy (non-hydrogen) atoms. The standard InChI is InChI=1S/C5H15N3OSi/c1-9-10-4-2-3-8-5(6)7/h2-4,10H2,1H3,(H4,6,7,8). The van der Waals surface area contributed by atoms with Gasteiger partial charge in [-0.15, -0.1) is 0 Å². The van der Waals surface area contributed by atoms with Crippen LogP contribution < -0.4 is 11.1 Å². The predicted octanol–water partition coefficient (Wildman–Crippen LogP) is -0.992. The van der Waals surface area contributed by atoms with E-state index >= 15 is 0 Å². The van der Waals surface area contributed by atoms with E-state index in [0.29, 0.717) is 0 Å². The van der Waals surface area contributed by atoms with E-state index in [2.05, 4.69) is 5.32 Å². The zero-order chi connectivity index (χ0) is 7.82. The Hall–Kier alpha value is -0.553. The van der Waals surface area contributed by atoms with Crippen molar-refractivity contribution in [2.75, 3.05) is 13.7 Å². The fourth-order valence-corrected chi connectivity index (χ4v) is 1.34. The third-order valence-corrected chi connectivity index (χ3v) is 2.29. The van der Waals surface area contributed by atoms with Crippen LogP contribution in [0.15, 0.2) is 0 Å². The molecule has 0 amide bonds. The lowest BCUT2D eigenvalue weighted by Gasteiger charge is -2.01. The number of hydrogen-bond donors (Lipinski definition) is 3. The van der Waals surface area contributed by atoms with E-state index in [4.69, 9.17) is 15.6 Å². The molecule has 0 saturated carbocycles. The molecular formula is C5H15N3OSi. The molecule has 0 unspecified atom stereocenters. The van der Waals surface area contributed by atoms with Gasteiger partial charge in [-0.2, -0.15) is 0 Å². The average Bonchev–Trinajstić information content (AvgIpc) is 1.87. The van der Waals surface area contributed by atoms with Crippen LogP contribution in [0.25, 0.3) is 0 Å². The molecule has 0 aliphatic rings. The van der Waals surface area contributed by atoms with Crippen molar-refractivity contribution < 1.29 is 4.43 Å². The van der Waals surface area contributed by atoms with Gasteiger partial charge in [0.2, 0.25) is 0 Å². The van der Waals surface area contributed by atoms with Crippen LogP contribution in [0.3, 0.4) is 0 Å². The van der Waals surface area contributed by atoms with Crippen LogP contribution in [-0.2, 0) is 4.43 Å². The van der Waals surface area contributed by atoms with Gasteiger partial charge in [-0.25, -0.2) is 0 Å². The highest BCUT2D eigenvalue weighted by atomic mass is 28.2. The lowest BCUT2D eigenvalue weighted by atomic mass is 10.5. The fourth-order valence-electron chi connectivity index (χ4n) is 0.594. The first kappa shape index (κ1) is 9.45. The minimum absolute atomic E-state index is 0.0547. The molecule has 60 valence electrons. The monoisotopic (exact) mass is 161 g/mol. The minimum atomic E-state index is -0.274. The largest absolute Gasteiger partial charge is 0.427 e. The van der Waals surface area contributed by atoms with Crippen LogP contribution in [0.2, 0.25) is 6.04 Å². The first-order valence-electron chi connectivity index (χ1n) is 3.34. The van der Waals surface area contributed by atoms with Gasteiger partial charge in [-0.3, -0.25) is 5.41 Å². The predicted molar refractivity (Wildman–Crippen MR) is 44.9 cm³/mol. The van der Waals surface area contributed by atoms with Crippen molar-refractivity contribution in [3.8, 4) is 0 Å². The lowest BCUT2D eigenvalue weighted by molar-refractivity contribution is 0.439. The van der Waals surface area contributed by atoms with Crippen LogP contribution in [-0.4, -0.2) is 29.4 Å². The topological polar surface area (TPSA) is 71.1 Å². The Bertz CT molecular complexity index is 98.9. The molecule has 0 spiro atoms. The summed E-state index contributed by atoms with van der Waals surface area (Å²) in [6.07, 6.45) is 1.06. The summed E-state index contributed by atoms with van der Waals surface area (Å²) in [6.45, 7) is 0.797. The Labute approximate surface area is 63.6 Å². The van der Waals surface area contributed by atoms with Gasteiger partial charge >= 0.3 is 0 Å². The summed E-state index contributed by atoms with van der Waals surface area (Å²) >= 11 is 0. The summed E-state index contributed by atoms with van der Waals surface area (Å²) in [4.78, 5) is 0. The van der Waals surface area contributed by atoms with Gasteiger partial charge < -0.3 is 15.5 Å². The fraction of sp³-hybridized carbons (Fsp3) is 0.800. The van der Waals surface area contributed by atoms with E-state index in [1.807, 2.05) is 0 Å². The molecule has 0 saturated heterocycles. The van der Waals surface area contributed by atoms with Crippen molar-refractivity contribution in [2.45, 2.75) is 12.5 Å². The lowest BCUT2D eigenvalue weighted by Crippen LogP contribution is -2.30. The molecule has 0 rings (SSSR count). The number of nitrogens with one attached hydrogen (secondary N) is 2. The quantitative estimate of drug-likeness (QED) is 0.210. The molecule has 0 aromatic rings. The molecule has 0 radical (unpaired) electrons. The molecule has 0 aliphatic carbocycles. The van der Waals surface area contributed by atoms with Crippen molar-refractivity contribution in [3.05, 3.63) is 0 Å². The highest BCUT2D eigenvalue weighted by molar-refractivity contribution is 6.26. The van der Waals surface area contributed by atoms with Crippen LogP contribution >= 0.6 is 0 Å². The van der Waals surface area contributed by atoms with Gasteiger partial charge in [0, 0.05) is 13.7 Å². The van der Waals surface area contributed by atoms with E-state index in [9.17, 15) is 0 Å². The van der Waals surface area contributed by atoms with E-state index < -0.39 is 0 Å². The molecule has 4 N–H and O–H groups in total. The zero-order valence-corrected chi connectivity index (χ0v) is 7.73. The van der Waals surface area contributed by atoms with Gasteiger partial charge in [-0.1, -0.05) is 0 Å². The maximum absolute atomic E-state index is 6.82. The van der Waals surface area contributed by atoms with Crippen molar-refractivity contribution in [3.63, 3.8) is 0 Å². The molecule has 0 heterocycles. The Morgan fingerprint density at radius 3 is 3.00 bits per heavy atom. The summed E-state index contributed by atoms with van der Waals surface area (Å²) in [5, 5.41) is 9.55. The van der Waals surface area contributed by atoms with Crippen molar-refractivity contribution >= 4 is 15.7 Å². The highest BCUT2D eigenvalue weighted by Crippen LogP contribution is 1.84. The first-order valence-corrected chi connectivity index (χ1v) is 4.92. The summed E-state index contributed by atoms with van der Waals surface area (Å²) in [6, 6.07) is 1.15. The van der Waals surface area contributed by atoms with Crippen molar-refractivity contribution in [1.82, 2.24) is 5.32 Å². The Balaban J connectivity index is 2.84. The van der Waals surface area contributed by atoms with Gasteiger partial charge in [-0.05, 0) is 12.5 Å². The maximum atomic E-state index is 6.82. The normalized spacial score (nSPS) is 10.5. The summed E-state index contributed by atoms with van der Waals surface area (Å²) in [5.41, 5.74) is 5.06. The number of rotatable bonds is 5. The number of guanidine groups is 1. The van der Waals surface area contributed by atoms with Crippen molar-refractivity contribution in [2.24, 2.45) is 5.73 Å². The molecule has 0 bridgehead atoms. The number of nitrogens with two attached hydrogens (primary N) is 1. The Kier molecular flexibility index (Phi) is 6.20. The zero-order valence-electron chi connectivity index (χ0n) is 6.31. The second kappa shape index (κ2) is 6.57. The van der Waals surface area contributed by atoms with Crippen LogP contribution in [0.4, 0.5) is 0 Å². The van der Waals surface area contributed by atoms with Gasteiger partial charge in [0.15, 0.2) is 15.7 Å². The van der Waals surface area contributed by atoms with E-state index in [0.717, 1.165) is 19.0 Å². The van der Waals surface area contributed by atoms with E-state index in [1.165, 1.54) is 0 Å². The Morgan fingerprint density at radius 2 is 2.50 bits per heavy atom. The first-order chi connectivity index (χ1) is 4.77. The summed E-state index contributed by atoms with van der Waals surface area (Å²) in [5.74, 6) is 0.0547. The number of hydrogen-bond acceptors (Lipinski definition) is 2. The van der Waals surface area contributed by atoms with Crippen molar-refractivity contribution in [1.29, 1.82) is 5.41 Å². The van der Waals surface area contributed by atoms with E-state index in [-0.39, 0.29) is 15.7 Å². The molecule has 5 heteroatoms. The molecular weight excluding hydrogens is 146 g/mol. The second-order valence-electron chi connectivity index (χ2n) is 2.04. The molecule has 0 fully saturated rings. The molecule has 0 aromatic carbocycles. The molecule has 4 nitrogen and oxygen atoms in total. The van der Waals surface area contributed by atoms with Crippen LogP contribution in [0.1, 0.15) is 6.42 Å². The van der Waals surface area contributed by atoms with Gasteiger partial charge in [0.25, 0.3) is 0 Å². The van der Waals surface area contributed by atoms with Gasteiger partial charge in [0.1, 0.15) is 0 Å². The minimum Gasteiger partial charge on any atom is -0.427 e. The SMILES string of the molecule is CO[SiH2]CCCNC(=N)N. The Morgan fingerprint density at radius 1 is 1.80 bits per heavy atom. The van der Waals surface area contributed by atoms with Crippen LogP contribution in [0, 0.1) is 5.41 Å². The molecule has 0 aromatic heterocycles. The van der Waals surface area contributed by atoms with E-state index in [1.54, 1.807) is 7.11 Å². The summed E-state index contributed by atoms with van der Waals surface area (Å²) in [7, 11) is 1.47. The van der Waals surface area contributed by atoms with Gasteiger partial charge in [0.05, 0.1) is 0 Å². The third-order valence-electron chi connectivity index (χ3n) is 1.09. The summed E-state index contributed by atoms with van der Waals surface area (Å²) < 4.78 is 4.98. The smallest absolute Gasteiger partial charge is 0.185 e.